The number of ether oxygens (including phenoxy) is 1. The number of hydrogen-bond acceptors (Lipinski definition) is 5. The lowest BCUT2D eigenvalue weighted by molar-refractivity contribution is -0.143. The molecule has 1 fully saturated rings. The average Bonchev–Trinajstić information content (AvgIpc) is 3.47. The highest BCUT2D eigenvalue weighted by Gasteiger charge is 2.51. The fourth-order valence-electron chi connectivity index (χ4n) is 4.47. The first-order valence-corrected chi connectivity index (χ1v) is 12.0. The number of carbonyl (C=O) groups is 4. The first-order valence-electron chi connectivity index (χ1n) is 12.0. The molecule has 196 valence electrons. The first kappa shape index (κ1) is 26.1. The fourth-order valence-corrected chi connectivity index (χ4v) is 4.47. The third-order valence-corrected chi connectivity index (χ3v) is 6.60. The smallest absolute Gasteiger partial charge is 0.329 e. The third kappa shape index (κ3) is 5.41. The van der Waals surface area contributed by atoms with Gasteiger partial charge in [-0.05, 0) is 63.5 Å². The van der Waals surface area contributed by atoms with Crippen molar-refractivity contribution in [2.45, 2.75) is 51.7 Å². The van der Waals surface area contributed by atoms with Crippen LogP contribution in [0.5, 0.6) is 0 Å². The zero-order chi connectivity index (χ0) is 26.9. The van der Waals surface area contributed by atoms with E-state index in [0.717, 1.165) is 0 Å². The van der Waals surface area contributed by atoms with Crippen LogP contribution in [0.3, 0.4) is 0 Å². The molecule has 3 amide bonds. The number of anilines is 1. The number of carboxylic acid groups (broad SMARTS) is 1. The normalized spacial score (nSPS) is 17.2. The van der Waals surface area contributed by atoms with Gasteiger partial charge in [0.15, 0.2) is 0 Å². The number of halogens is 1. The van der Waals surface area contributed by atoms with E-state index < -0.39 is 35.2 Å². The highest BCUT2D eigenvalue weighted by molar-refractivity contribution is 6.34. The SMILES string of the molecule is CCOC(CNC(=O)c1c(C)[nH]c(/C=C2\C(=O)Nc3ccc(F)cc32)c1C)CC(=O)NC1(C(=O)O)CC1. The van der Waals surface area contributed by atoms with Crippen molar-refractivity contribution in [3.05, 3.63) is 52.1 Å². The van der Waals surface area contributed by atoms with Gasteiger partial charge in [0.25, 0.3) is 11.8 Å². The molecule has 0 saturated heterocycles. The highest BCUT2D eigenvalue weighted by atomic mass is 19.1. The summed E-state index contributed by atoms with van der Waals surface area (Å²) in [6.07, 6.45) is 1.61. The third-order valence-electron chi connectivity index (χ3n) is 6.60. The summed E-state index contributed by atoms with van der Waals surface area (Å²) in [7, 11) is 0. The topological polar surface area (TPSA) is 150 Å². The Morgan fingerprint density at radius 1 is 1.27 bits per heavy atom. The second kappa shape index (κ2) is 10.2. The average molecular weight is 513 g/mol. The van der Waals surface area contributed by atoms with Gasteiger partial charge in [0.1, 0.15) is 11.4 Å². The van der Waals surface area contributed by atoms with Crippen LogP contribution in [0.15, 0.2) is 18.2 Å². The van der Waals surface area contributed by atoms with Gasteiger partial charge in [0, 0.05) is 35.8 Å². The Balaban J connectivity index is 1.45. The molecule has 2 aromatic rings. The maximum Gasteiger partial charge on any atom is 0.329 e. The van der Waals surface area contributed by atoms with Crippen molar-refractivity contribution in [1.29, 1.82) is 0 Å². The Kier molecular flexibility index (Phi) is 7.17. The Hall–Kier alpha value is -3.99. The van der Waals surface area contributed by atoms with Crippen molar-refractivity contribution in [3.8, 4) is 0 Å². The number of aryl methyl sites for hydroxylation is 1. The maximum atomic E-state index is 13.8. The van der Waals surface area contributed by atoms with E-state index in [1.807, 2.05) is 0 Å². The van der Waals surface area contributed by atoms with E-state index in [-0.39, 0.29) is 24.4 Å². The fraction of sp³-hybridized carbons (Fsp3) is 0.385. The van der Waals surface area contributed by atoms with Crippen LogP contribution in [0.2, 0.25) is 0 Å². The van der Waals surface area contributed by atoms with Crippen LogP contribution in [-0.2, 0) is 19.1 Å². The molecule has 1 atom stereocenters. The maximum absolute atomic E-state index is 13.8. The first-order chi connectivity index (χ1) is 17.5. The van der Waals surface area contributed by atoms with Gasteiger partial charge in [-0.1, -0.05) is 0 Å². The quantitative estimate of drug-likeness (QED) is 0.309. The van der Waals surface area contributed by atoms with Gasteiger partial charge < -0.3 is 30.8 Å². The summed E-state index contributed by atoms with van der Waals surface area (Å²) in [5.41, 5.74) is 2.13. The monoisotopic (exact) mass is 512 g/mol. The van der Waals surface area contributed by atoms with E-state index in [2.05, 4.69) is 20.9 Å². The van der Waals surface area contributed by atoms with Crippen LogP contribution in [0.1, 0.15) is 59.1 Å². The summed E-state index contributed by atoms with van der Waals surface area (Å²) in [5, 5.41) is 17.3. The molecule has 37 heavy (non-hydrogen) atoms. The van der Waals surface area contributed by atoms with Crippen LogP contribution < -0.4 is 16.0 Å². The Morgan fingerprint density at radius 2 is 2.00 bits per heavy atom. The summed E-state index contributed by atoms with van der Waals surface area (Å²) < 4.78 is 19.4. The standard InChI is InChI=1S/C26H29FN4O6/c1-4-37-16(10-21(32)31-26(7-8-26)25(35)36)12-28-24(34)22-13(2)20(29-14(22)3)11-18-17-9-15(27)5-6-19(17)30-23(18)33/h5-6,9,11,16,29H,4,7-8,10,12H2,1-3H3,(H,28,34)(H,30,33)(H,31,32)(H,35,36)/b18-11-. The van der Waals surface area contributed by atoms with Crippen molar-refractivity contribution in [2.24, 2.45) is 0 Å². The Bertz CT molecular complexity index is 1310. The molecular weight excluding hydrogens is 483 g/mol. The van der Waals surface area contributed by atoms with Gasteiger partial charge in [0.2, 0.25) is 5.91 Å². The summed E-state index contributed by atoms with van der Waals surface area (Å²) in [4.78, 5) is 52.3. The number of aromatic amines is 1. The summed E-state index contributed by atoms with van der Waals surface area (Å²) >= 11 is 0. The number of amides is 3. The molecule has 1 unspecified atom stereocenters. The minimum absolute atomic E-state index is 0.0374. The lowest BCUT2D eigenvalue weighted by Gasteiger charge is -2.19. The van der Waals surface area contributed by atoms with Gasteiger partial charge in [0.05, 0.1) is 23.7 Å². The van der Waals surface area contributed by atoms with Crippen LogP contribution >= 0.6 is 0 Å². The molecular formula is C26H29FN4O6. The number of H-pyrrole nitrogens is 1. The number of aromatic nitrogens is 1. The molecule has 1 aliphatic heterocycles. The van der Waals surface area contributed by atoms with Crippen LogP contribution in [0.4, 0.5) is 10.1 Å². The largest absolute Gasteiger partial charge is 0.480 e. The van der Waals surface area contributed by atoms with Crippen molar-refractivity contribution in [3.63, 3.8) is 0 Å². The number of carboxylic acids is 1. The van der Waals surface area contributed by atoms with Crippen molar-refractivity contribution in [2.75, 3.05) is 18.5 Å². The van der Waals surface area contributed by atoms with Gasteiger partial charge in [-0.2, -0.15) is 0 Å². The van der Waals surface area contributed by atoms with Crippen LogP contribution in [0.25, 0.3) is 11.6 Å². The lowest BCUT2D eigenvalue weighted by Crippen LogP contribution is -2.45. The molecule has 1 saturated carbocycles. The van der Waals surface area contributed by atoms with Gasteiger partial charge in [-0.25, -0.2) is 9.18 Å². The molecule has 1 aromatic carbocycles. The number of fused-ring (bicyclic) bond motifs is 1. The number of hydrogen-bond donors (Lipinski definition) is 5. The number of rotatable bonds is 10. The van der Waals surface area contributed by atoms with Gasteiger partial charge >= 0.3 is 5.97 Å². The Labute approximate surface area is 212 Å². The number of aliphatic carboxylic acids is 1. The minimum atomic E-state index is -1.19. The van der Waals surface area contributed by atoms with Crippen LogP contribution in [-0.4, -0.2) is 58.6 Å². The summed E-state index contributed by atoms with van der Waals surface area (Å²) in [6, 6.07) is 4.05. The zero-order valence-electron chi connectivity index (χ0n) is 20.8. The molecule has 0 radical (unpaired) electrons. The second-order valence-electron chi connectivity index (χ2n) is 9.29. The van der Waals surface area contributed by atoms with Crippen molar-refractivity contribution in [1.82, 2.24) is 15.6 Å². The van der Waals surface area contributed by atoms with E-state index >= 15 is 0 Å². The van der Waals surface area contributed by atoms with E-state index in [1.165, 1.54) is 18.2 Å². The Morgan fingerprint density at radius 3 is 2.65 bits per heavy atom. The van der Waals surface area contributed by atoms with Gasteiger partial charge in [-0.3, -0.25) is 14.4 Å². The molecule has 0 spiro atoms. The molecule has 4 rings (SSSR count). The molecule has 2 heterocycles. The molecule has 1 aliphatic carbocycles. The van der Waals surface area contributed by atoms with E-state index in [9.17, 15) is 28.7 Å². The minimum Gasteiger partial charge on any atom is -0.480 e. The second-order valence-corrected chi connectivity index (χ2v) is 9.29. The number of nitrogens with one attached hydrogen (secondary N) is 4. The molecule has 11 heteroatoms. The van der Waals surface area contributed by atoms with E-state index in [0.29, 0.717) is 53.2 Å². The molecule has 2 aliphatic rings. The summed E-state index contributed by atoms with van der Waals surface area (Å²) in [5.74, 6) is -2.75. The predicted octanol–water partition coefficient (Wildman–Crippen LogP) is 2.52. The molecule has 1 aromatic heterocycles. The highest BCUT2D eigenvalue weighted by Crippen LogP contribution is 2.36. The van der Waals surface area contributed by atoms with Gasteiger partial charge in [-0.15, -0.1) is 0 Å². The number of carbonyl (C=O) groups excluding carboxylic acids is 3. The molecule has 5 N–H and O–H groups in total. The molecule has 10 nitrogen and oxygen atoms in total. The zero-order valence-corrected chi connectivity index (χ0v) is 20.8. The lowest BCUT2D eigenvalue weighted by atomic mass is 10.0. The molecule has 0 bridgehead atoms. The van der Waals surface area contributed by atoms with Crippen molar-refractivity contribution < 1.29 is 33.4 Å². The number of benzene rings is 1. The van der Waals surface area contributed by atoms with E-state index in [4.69, 9.17) is 4.74 Å². The predicted molar refractivity (Wildman–Crippen MR) is 133 cm³/mol. The van der Waals surface area contributed by atoms with Crippen molar-refractivity contribution >= 4 is 41.0 Å². The summed E-state index contributed by atoms with van der Waals surface area (Å²) in [6.45, 7) is 5.56. The van der Waals surface area contributed by atoms with Crippen LogP contribution in [0, 0.1) is 19.7 Å². The van der Waals surface area contributed by atoms with E-state index in [1.54, 1.807) is 26.8 Å².